The molecule has 3 amide bonds. The van der Waals surface area contributed by atoms with Crippen LogP contribution in [0.25, 0.3) is 0 Å². The monoisotopic (exact) mass is 212 g/mol. The Balaban J connectivity index is 2.48. The highest BCUT2D eigenvalue weighted by Gasteiger charge is 2.28. The minimum Gasteiger partial charge on any atom is -0.344 e. The Kier molecular flexibility index (Phi) is 3.82. The normalized spacial score (nSPS) is 23.2. The van der Waals surface area contributed by atoms with Gasteiger partial charge in [-0.2, -0.15) is 0 Å². The van der Waals surface area contributed by atoms with Crippen molar-refractivity contribution in [3.8, 4) is 0 Å². The molecule has 0 aromatic heterocycles. The highest BCUT2D eigenvalue weighted by Crippen LogP contribution is 2.07. The summed E-state index contributed by atoms with van der Waals surface area (Å²) in [7, 11) is 0. The van der Waals surface area contributed by atoms with Gasteiger partial charge in [0.15, 0.2) is 0 Å². The molecule has 1 fully saturated rings. The molecule has 1 saturated heterocycles. The molecule has 5 nitrogen and oxygen atoms in total. The van der Waals surface area contributed by atoms with E-state index in [9.17, 15) is 14.4 Å². The van der Waals surface area contributed by atoms with E-state index < -0.39 is 11.9 Å². The average Bonchev–Trinajstić information content (AvgIpc) is 2.20. The number of nitrogens with one attached hydrogen (secondary N) is 2. The quantitative estimate of drug-likeness (QED) is 0.644. The fourth-order valence-corrected chi connectivity index (χ4v) is 1.33. The van der Waals surface area contributed by atoms with Gasteiger partial charge in [-0.25, -0.2) is 0 Å². The van der Waals surface area contributed by atoms with E-state index >= 15 is 0 Å². The summed E-state index contributed by atoms with van der Waals surface area (Å²) < 4.78 is 0. The highest BCUT2D eigenvalue weighted by molar-refractivity contribution is 6.01. The third-order valence-electron chi connectivity index (χ3n) is 2.62. The number of hydrogen-bond acceptors (Lipinski definition) is 3. The van der Waals surface area contributed by atoms with Crippen molar-refractivity contribution in [2.24, 2.45) is 5.92 Å². The smallest absolute Gasteiger partial charge is 0.249 e. The third kappa shape index (κ3) is 3.04. The van der Waals surface area contributed by atoms with Crippen LogP contribution < -0.4 is 10.6 Å². The molecule has 1 aliphatic rings. The molecule has 0 aliphatic carbocycles. The zero-order valence-electron chi connectivity index (χ0n) is 9.00. The summed E-state index contributed by atoms with van der Waals surface area (Å²) in [6, 6.07) is -0.552. The molecule has 2 atom stereocenters. The molecule has 1 rings (SSSR count). The predicted octanol–water partition coefficient (Wildman–Crippen LogP) is -0.0461. The van der Waals surface area contributed by atoms with Crippen LogP contribution >= 0.6 is 0 Å². The first kappa shape index (κ1) is 11.7. The lowest BCUT2D eigenvalue weighted by Crippen LogP contribution is -2.53. The molecule has 2 N–H and O–H groups in total. The van der Waals surface area contributed by atoms with E-state index in [0.717, 1.165) is 6.42 Å². The van der Waals surface area contributed by atoms with Crippen LogP contribution in [0.1, 0.15) is 33.1 Å². The first-order chi connectivity index (χ1) is 7.04. The SMILES string of the molecule is CC[C@H](C)C(=O)NC1CCC(=O)NC1=O. The van der Waals surface area contributed by atoms with Gasteiger partial charge >= 0.3 is 0 Å². The minimum atomic E-state index is -0.552. The summed E-state index contributed by atoms with van der Waals surface area (Å²) >= 11 is 0. The summed E-state index contributed by atoms with van der Waals surface area (Å²) in [5.41, 5.74) is 0. The minimum absolute atomic E-state index is 0.101. The van der Waals surface area contributed by atoms with E-state index in [1.54, 1.807) is 6.92 Å². The van der Waals surface area contributed by atoms with Crippen molar-refractivity contribution in [1.29, 1.82) is 0 Å². The number of imide groups is 1. The molecule has 1 heterocycles. The van der Waals surface area contributed by atoms with E-state index in [1.165, 1.54) is 0 Å². The summed E-state index contributed by atoms with van der Waals surface area (Å²) in [6.07, 6.45) is 1.42. The molecule has 0 bridgehead atoms. The van der Waals surface area contributed by atoms with Crippen molar-refractivity contribution >= 4 is 17.7 Å². The largest absolute Gasteiger partial charge is 0.344 e. The van der Waals surface area contributed by atoms with Crippen LogP contribution in [-0.4, -0.2) is 23.8 Å². The Morgan fingerprint density at radius 2 is 2.27 bits per heavy atom. The Labute approximate surface area is 88.6 Å². The molecule has 0 aromatic carbocycles. The molecule has 0 aromatic rings. The maximum absolute atomic E-state index is 11.5. The fraction of sp³-hybridized carbons (Fsp3) is 0.700. The Bertz CT molecular complexity index is 288. The van der Waals surface area contributed by atoms with Crippen molar-refractivity contribution in [3.63, 3.8) is 0 Å². The summed E-state index contributed by atoms with van der Waals surface area (Å²) in [5.74, 6) is -0.903. The van der Waals surface area contributed by atoms with Crippen molar-refractivity contribution in [2.75, 3.05) is 0 Å². The summed E-state index contributed by atoms with van der Waals surface area (Å²) in [5, 5.41) is 4.84. The lowest BCUT2D eigenvalue weighted by atomic mass is 10.0. The van der Waals surface area contributed by atoms with Crippen molar-refractivity contribution in [2.45, 2.75) is 39.2 Å². The third-order valence-corrected chi connectivity index (χ3v) is 2.62. The van der Waals surface area contributed by atoms with Crippen molar-refractivity contribution in [3.05, 3.63) is 0 Å². The van der Waals surface area contributed by atoms with Crippen LogP contribution in [-0.2, 0) is 14.4 Å². The molecule has 1 unspecified atom stereocenters. The molecular weight excluding hydrogens is 196 g/mol. The van der Waals surface area contributed by atoms with Crippen LogP contribution in [0.5, 0.6) is 0 Å². The molecule has 15 heavy (non-hydrogen) atoms. The van der Waals surface area contributed by atoms with Gasteiger partial charge in [0, 0.05) is 12.3 Å². The summed E-state index contributed by atoms with van der Waals surface area (Å²) in [6.45, 7) is 3.72. The molecule has 1 aliphatic heterocycles. The standard InChI is InChI=1S/C10H16N2O3/c1-3-6(2)9(14)11-7-4-5-8(13)12-10(7)15/h6-7H,3-5H2,1-2H3,(H,11,14)(H,12,13,15)/t6-,7?/m0/s1. The van der Waals surface area contributed by atoms with Gasteiger partial charge in [-0.3, -0.25) is 19.7 Å². The number of rotatable bonds is 3. The van der Waals surface area contributed by atoms with Crippen molar-refractivity contribution in [1.82, 2.24) is 10.6 Å². The van der Waals surface area contributed by atoms with Gasteiger partial charge < -0.3 is 5.32 Å². The van der Waals surface area contributed by atoms with Gasteiger partial charge in [-0.15, -0.1) is 0 Å². The van der Waals surface area contributed by atoms with Gasteiger partial charge in [0.1, 0.15) is 6.04 Å². The number of hydrogen-bond donors (Lipinski definition) is 2. The van der Waals surface area contributed by atoms with Crippen LogP contribution in [0, 0.1) is 5.92 Å². The van der Waals surface area contributed by atoms with Gasteiger partial charge in [-0.05, 0) is 12.8 Å². The van der Waals surface area contributed by atoms with Gasteiger partial charge in [-0.1, -0.05) is 13.8 Å². The second-order valence-corrected chi connectivity index (χ2v) is 3.82. The molecule has 0 spiro atoms. The average molecular weight is 212 g/mol. The first-order valence-corrected chi connectivity index (χ1v) is 5.18. The zero-order valence-corrected chi connectivity index (χ0v) is 9.00. The fourth-order valence-electron chi connectivity index (χ4n) is 1.33. The molecule has 84 valence electrons. The van der Waals surface area contributed by atoms with E-state index in [0.29, 0.717) is 6.42 Å². The van der Waals surface area contributed by atoms with E-state index in [1.807, 2.05) is 6.92 Å². The second-order valence-electron chi connectivity index (χ2n) is 3.82. The molecule has 5 heteroatoms. The van der Waals surface area contributed by atoms with E-state index in [2.05, 4.69) is 10.6 Å². The topological polar surface area (TPSA) is 75.3 Å². The van der Waals surface area contributed by atoms with Crippen LogP contribution in [0.3, 0.4) is 0 Å². The highest BCUT2D eigenvalue weighted by atomic mass is 16.2. The Hall–Kier alpha value is -1.39. The molecular formula is C10H16N2O3. The summed E-state index contributed by atoms with van der Waals surface area (Å²) in [4.78, 5) is 33.6. The predicted molar refractivity (Wildman–Crippen MR) is 53.8 cm³/mol. The Morgan fingerprint density at radius 1 is 1.60 bits per heavy atom. The number of amides is 3. The zero-order chi connectivity index (χ0) is 11.4. The second kappa shape index (κ2) is 4.91. The van der Waals surface area contributed by atoms with Crippen LogP contribution in [0.15, 0.2) is 0 Å². The van der Waals surface area contributed by atoms with Crippen molar-refractivity contribution < 1.29 is 14.4 Å². The number of carbonyl (C=O) groups is 3. The first-order valence-electron chi connectivity index (χ1n) is 5.18. The van der Waals surface area contributed by atoms with Gasteiger partial charge in [0.05, 0.1) is 0 Å². The number of carbonyl (C=O) groups excluding carboxylic acids is 3. The lowest BCUT2D eigenvalue weighted by Gasteiger charge is -2.23. The van der Waals surface area contributed by atoms with E-state index in [4.69, 9.17) is 0 Å². The van der Waals surface area contributed by atoms with E-state index in [-0.39, 0.29) is 24.2 Å². The lowest BCUT2D eigenvalue weighted by molar-refractivity contribution is -0.138. The van der Waals surface area contributed by atoms with Crippen LogP contribution in [0.4, 0.5) is 0 Å². The number of piperidine rings is 1. The van der Waals surface area contributed by atoms with Gasteiger partial charge in [0.2, 0.25) is 17.7 Å². The molecule has 0 saturated carbocycles. The maximum Gasteiger partial charge on any atom is 0.249 e. The maximum atomic E-state index is 11.5. The Morgan fingerprint density at radius 3 is 2.80 bits per heavy atom. The molecule has 0 radical (unpaired) electrons. The van der Waals surface area contributed by atoms with Crippen LogP contribution in [0.2, 0.25) is 0 Å². The van der Waals surface area contributed by atoms with Gasteiger partial charge in [0.25, 0.3) is 0 Å².